The van der Waals surface area contributed by atoms with Gasteiger partial charge in [0.15, 0.2) is 0 Å². The third kappa shape index (κ3) is 4.57. The zero-order valence-corrected chi connectivity index (χ0v) is 15.3. The number of aryl methyl sites for hydroxylation is 1. The maximum atomic E-state index is 9.38. The second-order valence-electron chi connectivity index (χ2n) is 6.53. The lowest BCUT2D eigenvalue weighted by Gasteiger charge is -2.19. The molecule has 0 bridgehead atoms. The van der Waals surface area contributed by atoms with Crippen molar-refractivity contribution in [1.82, 2.24) is 0 Å². The number of nitrogens with one attached hydrogen (secondary N) is 1. The molecule has 0 amide bonds. The van der Waals surface area contributed by atoms with Crippen molar-refractivity contribution in [2.45, 2.75) is 25.8 Å². The number of hydrogen-bond donors (Lipinski definition) is 2. The number of rotatable bonds is 7. The monoisotopic (exact) mass is 347 g/mol. The van der Waals surface area contributed by atoms with E-state index < -0.39 is 0 Å². The van der Waals surface area contributed by atoms with Gasteiger partial charge in [-0.15, -0.1) is 0 Å². The molecule has 26 heavy (non-hydrogen) atoms. The van der Waals surface area contributed by atoms with Crippen LogP contribution in [0.5, 0.6) is 11.5 Å². The number of hydrogen-bond acceptors (Lipinski definition) is 3. The Morgan fingerprint density at radius 3 is 2.35 bits per heavy atom. The van der Waals surface area contributed by atoms with E-state index in [9.17, 15) is 5.11 Å². The average Bonchev–Trinajstić information content (AvgIpc) is 2.68. The van der Waals surface area contributed by atoms with Gasteiger partial charge in [-0.2, -0.15) is 0 Å². The van der Waals surface area contributed by atoms with Crippen molar-refractivity contribution in [3.8, 4) is 22.6 Å². The van der Waals surface area contributed by atoms with Gasteiger partial charge in [-0.05, 0) is 60.7 Å². The van der Waals surface area contributed by atoms with E-state index in [2.05, 4.69) is 36.5 Å². The third-order valence-electron chi connectivity index (χ3n) is 4.51. The number of ether oxygens (including phenoxy) is 1. The van der Waals surface area contributed by atoms with Crippen LogP contribution in [0.25, 0.3) is 11.1 Å². The van der Waals surface area contributed by atoms with Crippen molar-refractivity contribution >= 4 is 5.69 Å². The highest BCUT2D eigenvalue weighted by molar-refractivity contribution is 5.72. The molecular weight excluding hydrogens is 322 g/mol. The van der Waals surface area contributed by atoms with Crippen LogP contribution in [0.15, 0.2) is 72.8 Å². The second kappa shape index (κ2) is 8.43. The quantitative estimate of drug-likeness (QED) is 0.593. The zero-order valence-electron chi connectivity index (χ0n) is 15.3. The van der Waals surface area contributed by atoms with Crippen LogP contribution in [0.4, 0.5) is 5.69 Å². The highest BCUT2D eigenvalue weighted by atomic mass is 16.5. The van der Waals surface area contributed by atoms with Crippen LogP contribution in [0, 0.1) is 0 Å². The lowest BCUT2D eigenvalue weighted by molar-refractivity contribution is 0.416. The Bertz CT molecular complexity index is 829. The van der Waals surface area contributed by atoms with Gasteiger partial charge in [0.2, 0.25) is 0 Å². The first kappa shape index (κ1) is 17.9. The van der Waals surface area contributed by atoms with Gasteiger partial charge in [-0.25, -0.2) is 0 Å². The Morgan fingerprint density at radius 2 is 1.65 bits per heavy atom. The van der Waals surface area contributed by atoms with Crippen LogP contribution >= 0.6 is 0 Å². The number of benzene rings is 3. The number of aromatic hydroxyl groups is 1. The van der Waals surface area contributed by atoms with Crippen LogP contribution in [-0.2, 0) is 6.42 Å². The van der Waals surface area contributed by atoms with E-state index in [1.54, 1.807) is 19.2 Å². The molecule has 0 heterocycles. The molecule has 3 aromatic rings. The molecule has 0 aromatic heterocycles. The molecule has 0 aliphatic rings. The smallest absolute Gasteiger partial charge is 0.141 e. The van der Waals surface area contributed by atoms with E-state index in [0.717, 1.165) is 24.3 Å². The standard InChI is InChI=1S/C23H25NO2/c1-17(8-9-18-10-13-21(25)14-11-18)24-22-16-20(12-15-23(22)26-2)19-6-4-3-5-7-19/h3-7,10-17,24-25H,8-9H2,1-2H3/t17-/m0/s1. The molecule has 3 rings (SSSR count). The van der Waals surface area contributed by atoms with E-state index in [-0.39, 0.29) is 0 Å². The van der Waals surface area contributed by atoms with Crippen molar-refractivity contribution < 1.29 is 9.84 Å². The summed E-state index contributed by atoms with van der Waals surface area (Å²) in [7, 11) is 1.70. The lowest BCUT2D eigenvalue weighted by Crippen LogP contribution is -2.16. The molecule has 2 N–H and O–H groups in total. The Labute approximate surface area is 155 Å². The summed E-state index contributed by atoms with van der Waals surface area (Å²) >= 11 is 0. The van der Waals surface area contributed by atoms with Crippen molar-refractivity contribution in [2.24, 2.45) is 0 Å². The van der Waals surface area contributed by atoms with Crippen LogP contribution < -0.4 is 10.1 Å². The molecule has 0 radical (unpaired) electrons. The summed E-state index contributed by atoms with van der Waals surface area (Å²) in [5.74, 6) is 1.16. The molecule has 0 saturated heterocycles. The minimum atomic E-state index is 0.295. The summed E-state index contributed by atoms with van der Waals surface area (Å²) < 4.78 is 5.52. The Kier molecular flexibility index (Phi) is 5.80. The number of methoxy groups -OCH3 is 1. The van der Waals surface area contributed by atoms with E-state index in [4.69, 9.17) is 4.74 Å². The molecule has 0 fully saturated rings. The molecule has 0 aliphatic heterocycles. The van der Waals surface area contributed by atoms with Gasteiger partial charge in [-0.3, -0.25) is 0 Å². The van der Waals surface area contributed by atoms with Gasteiger partial charge in [0.25, 0.3) is 0 Å². The molecule has 0 aliphatic carbocycles. The molecule has 0 saturated carbocycles. The summed E-state index contributed by atoms with van der Waals surface area (Å²) in [5, 5.41) is 13.0. The lowest BCUT2D eigenvalue weighted by atomic mass is 10.0. The van der Waals surface area contributed by atoms with Crippen LogP contribution in [-0.4, -0.2) is 18.3 Å². The Morgan fingerprint density at radius 1 is 0.923 bits per heavy atom. The maximum absolute atomic E-state index is 9.38. The second-order valence-corrected chi connectivity index (χ2v) is 6.53. The fraction of sp³-hybridized carbons (Fsp3) is 0.217. The summed E-state index contributed by atoms with van der Waals surface area (Å²) in [6.07, 6.45) is 1.94. The molecule has 3 nitrogen and oxygen atoms in total. The average molecular weight is 347 g/mol. The minimum absolute atomic E-state index is 0.295. The van der Waals surface area contributed by atoms with Gasteiger partial charge < -0.3 is 15.2 Å². The van der Waals surface area contributed by atoms with E-state index in [0.29, 0.717) is 11.8 Å². The first-order valence-electron chi connectivity index (χ1n) is 8.93. The molecule has 1 atom stereocenters. The van der Waals surface area contributed by atoms with Crippen molar-refractivity contribution in [1.29, 1.82) is 0 Å². The SMILES string of the molecule is COc1ccc(-c2ccccc2)cc1N[C@@H](C)CCc1ccc(O)cc1. The fourth-order valence-corrected chi connectivity index (χ4v) is 3.01. The Hall–Kier alpha value is -2.94. The maximum Gasteiger partial charge on any atom is 0.141 e. The molecule has 0 spiro atoms. The summed E-state index contributed by atoms with van der Waals surface area (Å²) in [5.41, 5.74) is 4.59. The van der Waals surface area contributed by atoms with Crippen molar-refractivity contribution in [3.63, 3.8) is 0 Å². The van der Waals surface area contributed by atoms with Crippen molar-refractivity contribution in [3.05, 3.63) is 78.4 Å². The fourth-order valence-electron chi connectivity index (χ4n) is 3.01. The minimum Gasteiger partial charge on any atom is -0.508 e. The number of phenols is 1. The van der Waals surface area contributed by atoms with Gasteiger partial charge in [0.05, 0.1) is 12.8 Å². The molecule has 134 valence electrons. The molecule has 0 unspecified atom stereocenters. The third-order valence-corrected chi connectivity index (χ3v) is 4.51. The van der Waals surface area contributed by atoms with Crippen LogP contribution in [0.2, 0.25) is 0 Å². The normalized spacial score (nSPS) is 11.8. The van der Waals surface area contributed by atoms with Gasteiger partial charge in [-0.1, -0.05) is 48.5 Å². The van der Waals surface area contributed by atoms with Crippen LogP contribution in [0.1, 0.15) is 18.9 Å². The van der Waals surface area contributed by atoms with Gasteiger partial charge in [0.1, 0.15) is 11.5 Å². The summed E-state index contributed by atoms with van der Waals surface area (Å²) in [6, 6.07) is 24.3. The first-order valence-corrected chi connectivity index (χ1v) is 8.93. The predicted octanol–water partition coefficient (Wildman–Crippen LogP) is 5.50. The molecule has 3 heteroatoms. The van der Waals surface area contributed by atoms with Crippen molar-refractivity contribution in [2.75, 3.05) is 12.4 Å². The van der Waals surface area contributed by atoms with Crippen LogP contribution in [0.3, 0.4) is 0 Å². The first-order chi connectivity index (χ1) is 12.7. The van der Waals surface area contributed by atoms with E-state index in [1.165, 1.54) is 16.7 Å². The Balaban J connectivity index is 1.70. The number of phenolic OH excluding ortho intramolecular Hbond substituents is 1. The van der Waals surface area contributed by atoms with Gasteiger partial charge in [0, 0.05) is 6.04 Å². The summed E-state index contributed by atoms with van der Waals surface area (Å²) in [6.45, 7) is 2.18. The summed E-state index contributed by atoms with van der Waals surface area (Å²) in [4.78, 5) is 0. The highest BCUT2D eigenvalue weighted by Crippen LogP contribution is 2.31. The molecule has 3 aromatic carbocycles. The highest BCUT2D eigenvalue weighted by Gasteiger charge is 2.09. The largest absolute Gasteiger partial charge is 0.508 e. The number of anilines is 1. The van der Waals surface area contributed by atoms with E-state index >= 15 is 0 Å². The van der Waals surface area contributed by atoms with E-state index in [1.807, 2.05) is 36.4 Å². The van der Waals surface area contributed by atoms with Gasteiger partial charge >= 0.3 is 0 Å². The predicted molar refractivity (Wildman–Crippen MR) is 108 cm³/mol. The topological polar surface area (TPSA) is 41.5 Å². The zero-order chi connectivity index (χ0) is 18.4. The molecular formula is C23H25NO2.